The molecule has 1 atom stereocenters. The normalized spacial score (nSPS) is 18.4. The molecule has 45 heavy (non-hydrogen) atoms. The number of nitrogens with one attached hydrogen (secondary N) is 1. The maximum absolute atomic E-state index is 13.4. The van der Waals surface area contributed by atoms with E-state index in [1.54, 1.807) is 10.8 Å². The summed E-state index contributed by atoms with van der Waals surface area (Å²) in [5.41, 5.74) is 2.98. The molecule has 0 saturated carbocycles. The number of hydrogen-bond donors (Lipinski definition) is 2. The Bertz CT molecular complexity index is 1860. The fourth-order valence-electron chi connectivity index (χ4n) is 6.16. The lowest BCUT2D eigenvalue weighted by Crippen LogP contribution is -2.52. The number of carbonyl (C=O) groups excluding carboxylic acids is 1. The lowest BCUT2D eigenvalue weighted by molar-refractivity contribution is -0.185. The second-order valence-corrected chi connectivity index (χ2v) is 11.4. The van der Waals surface area contributed by atoms with Crippen LogP contribution in [0, 0.1) is 6.92 Å². The Morgan fingerprint density at radius 3 is 2.58 bits per heavy atom. The minimum Gasteiger partial charge on any atom is -0.384 e. The lowest BCUT2D eigenvalue weighted by atomic mass is 9.98. The second-order valence-electron chi connectivity index (χ2n) is 11.4. The van der Waals surface area contributed by atoms with Gasteiger partial charge in [-0.15, -0.1) is 6.58 Å². The van der Waals surface area contributed by atoms with Gasteiger partial charge in [0, 0.05) is 43.8 Å². The van der Waals surface area contributed by atoms with E-state index in [0.717, 1.165) is 28.1 Å². The summed E-state index contributed by atoms with van der Waals surface area (Å²) in [7, 11) is 0. The number of hydrogen-bond acceptors (Lipinski definition) is 8. The molecule has 1 amide bonds. The maximum Gasteiger partial charge on any atom is 0.471 e. The highest BCUT2D eigenvalue weighted by Gasteiger charge is 2.43. The summed E-state index contributed by atoms with van der Waals surface area (Å²) < 4.78 is 41.6. The molecular formula is C31H33F3N8O3. The Balaban J connectivity index is 1.28. The highest BCUT2D eigenvalue weighted by molar-refractivity contribution is 5.82. The quantitative estimate of drug-likeness (QED) is 0.297. The number of fused-ring (bicyclic) bond motifs is 2. The van der Waals surface area contributed by atoms with Gasteiger partial charge >= 0.3 is 12.1 Å². The van der Waals surface area contributed by atoms with Gasteiger partial charge in [-0.25, -0.2) is 19.3 Å². The van der Waals surface area contributed by atoms with Crippen molar-refractivity contribution >= 4 is 34.3 Å². The maximum atomic E-state index is 13.4. The summed E-state index contributed by atoms with van der Waals surface area (Å²) in [6.07, 6.45) is 0.0199. The molecule has 2 N–H and O–H groups in total. The van der Waals surface area contributed by atoms with Crippen molar-refractivity contribution in [2.45, 2.75) is 51.4 Å². The van der Waals surface area contributed by atoms with E-state index in [9.17, 15) is 27.9 Å². The summed E-state index contributed by atoms with van der Waals surface area (Å²) in [4.78, 5) is 41.6. The molecule has 4 heterocycles. The average molecular weight is 623 g/mol. The van der Waals surface area contributed by atoms with Crippen LogP contribution in [-0.2, 0) is 23.4 Å². The zero-order valence-corrected chi connectivity index (χ0v) is 24.9. The molecule has 1 saturated heterocycles. The van der Waals surface area contributed by atoms with Gasteiger partial charge in [0.25, 0.3) is 5.56 Å². The number of piperazine rings is 1. The van der Waals surface area contributed by atoms with Crippen molar-refractivity contribution < 1.29 is 23.1 Å². The van der Waals surface area contributed by atoms with Crippen LogP contribution in [0.5, 0.6) is 0 Å². The third-order valence-electron chi connectivity index (χ3n) is 8.60. The number of allylic oxidation sites excluding steroid dienone is 1. The molecule has 1 fully saturated rings. The molecule has 0 radical (unpaired) electrons. The summed E-state index contributed by atoms with van der Waals surface area (Å²) >= 11 is 0. The zero-order chi connectivity index (χ0) is 32.1. The molecule has 4 aromatic rings. The number of aliphatic hydroxyl groups is 1. The van der Waals surface area contributed by atoms with Crippen molar-refractivity contribution in [2.24, 2.45) is 0 Å². The molecule has 0 spiro atoms. The molecule has 14 heteroatoms. The minimum absolute atomic E-state index is 0.0182. The highest BCUT2D eigenvalue weighted by Crippen LogP contribution is 2.38. The largest absolute Gasteiger partial charge is 0.471 e. The Morgan fingerprint density at radius 2 is 1.91 bits per heavy atom. The molecule has 236 valence electrons. The number of benzene rings is 1. The number of nitrogens with zero attached hydrogens (tertiary/aromatic N) is 7. The molecule has 6 rings (SSSR count). The van der Waals surface area contributed by atoms with E-state index in [1.165, 1.54) is 10.9 Å². The molecular weight excluding hydrogens is 589 g/mol. The van der Waals surface area contributed by atoms with Gasteiger partial charge in [-0.3, -0.25) is 9.59 Å². The standard InChI is InChI=1S/C31H33F3N8O3/c1-4-12-41-27(43)22-18-35-29(38-26(22)42(41)24-9-6-20-10-11-30(45,5-2)25(20)37-24)36-21-7-8-23(19(3)17-21)39-13-15-40(16-14-39)28(44)31(32,33)34/h4,6-9,17-18,45H,1,5,10-16H2,2-3H3,(H,35,36,38). The number of halogens is 3. The van der Waals surface area contributed by atoms with E-state index in [0.29, 0.717) is 41.1 Å². The fraction of sp³-hybridized carbons (Fsp3) is 0.387. The monoisotopic (exact) mass is 622 g/mol. The topological polar surface area (TPSA) is 121 Å². The molecule has 0 bridgehead atoms. The predicted octanol–water partition coefficient (Wildman–Crippen LogP) is 3.97. The van der Waals surface area contributed by atoms with Gasteiger partial charge in [0.2, 0.25) is 5.95 Å². The van der Waals surface area contributed by atoms with Crippen LogP contribution >= 0.6 is 0 Å². The van der Waals surface area contributed by atoms with Gasteiger partial charge in [0.1, 0.15) is 11.0 Å². The fourth-order valence-corrected chi connectivity index (χ4v) is 6.16. The Morgan fingerprint density at radius 1 is 1.16 bits per heavy atom. The second kappa shape index (κ2) is 11.3. The number of aromatic nitrogens is 5. The molecule has 1 aliphatic carbocycles. The van der Waals surface area contributed by atoms with Gasteiger partial charge in [-0.1, -0.05) is 19.1 Å². The number of rotatable bonds is 7. The third kappa shape index (κ3) is 5.43. The number of amides is 1. The smallest absolute Gasteiger partial charge is 0.384 e. The summed E-state index contributed by atoms with van der Waals surface area (Å²) in [6.45, 7) is 8.32. The van der Waals surface area contributed by atoms with Crippen molar-refractivity contribution in [1.82, 2.24) is 29.2 Å². The lowest BCUT2D eigenvalue weighted by Gasteiger charge is -2.37. The van der Waals surface area contributed by atoms with Crippen LogP contribution in [-0.4, -0.2) is 72.6 Å². The summed E-state index contributed by atoms with van der Waals surface area (Å²) in [5, 5.41) is 14.6. The third-order valence-corrected chi connectivity index (χ3v) is 8.60. The van der Waals surface area contributed by atoms with Crippen LogP contribution < -0.4 is 15.8 Å². The van der Waals surface area contributed by atoms with Crippen molar-refractivity contribution in [3.8, 4) is 5.82 Å². The van der Waals surface area contributed by atoms with Gasteiger partial charge in [0.05, 0.1) is 12.2 Å². The van der Waals surface area contributed by atoms with E-state index < -0.39 is 17.7 Å². The number of pyridine rings is 1. The summed E-state index contributed by atoms with van der Waals surface area (Å²) in [5.74, 6) is -1.13. The van der Waals surface area contributed by atoms with Crippen molar-refractivity contribution in [3.63, 3.8) is 0 Å². The number of aryl methyl sites for hydroxylation is 2. The van der Waals surface area contributed by atoms with Crippen LogP contribution in [0.25, 0.3) is 16.9 Å². The Kier molecular flexibility index (Phi) is 7.63. The van der Waals surface area contributed by atoms with E-state index in [4.69, 9.17) is 9.97 Å². The number of alkyl halides is 3. The van der Waals surface area contributed by atoms with Gasteiger partial charge < -0.3 is 20.2 Å². The van der Waals surface area contributed by atoms with Crippen molar-refractivity contribution in [1.29, 1.82) is 0 Å². The number of anilines is 3. The van der Waals surface area contributed by atoms with E-state index >= 15 is 0 Å². The highest BCUT2D eigenvalue weighted by atomic mass is 19.4. The molecule has 2 aliphatic rings. The SMILES string of the molecule is C=CCn1c(=O)c2cnc(Nc3ccc(N4CCN(C(=O)C(F)(F)F)CC4)c(C)c3)nc2n1-c1ccc2c(n1)C(O)(CC)CC2. The van der Waals surface area contributed by atoms with E-state index in [-0.39, 0.29) is 44.2 Å². The van der Waals surface area contributed by atoms with Crippen LogP contribution in [0.1, 0.15) is 36.6 Å². The van der Waals surface area contributed by atoms with Crippen LogP contribution in [0.15, 0.2) is 54.0 Å². The Hall–Kier alpha value is -4.72. The first-order valence-corrected chi connectivity index (χ1v) is 14.7. The summed E-state index contributed by atoms with van der Waals surface area (Å²) in [6, 6.07) is 9.29. The average Bonchev–Trinajstić information content (AvgIpc) is 3.50. The van der Waals surface area contributed by atoms with E-state index in [2.05, 4.69) is 16.9 Å². The van der Waals surface area contributed by atoms with Crippen molar-refractivity contribution in [3.05, 3.63) is 76.4 Å². The van der Waals surface area contributed by atoms with Crippen LogP contribution in [0.4, 0.5) is 30.5 Å². The number of carbonyl (C=O) groups is 1. The van der Waals surface area contributed by atoms with Gasteiger partial charge in [-0.2, -0.15) is 18.2 Å². The van der Waals surface area contributed by atoms with Gasteiger partial charge in [0.15, 0.2) is 11.5 Å². The molecule has 1 aromatic carbocycles. The zero-order valence-electron chi connectivity index (χ0n) is 24.9. The van der Waals surface area contributed by atoms with Crippen LogP contribution in [0.3, 0.4) is 0 Å². The minimum atomic E-state index is -4.88. The first kappa shape index (κ1) is 30.3. The predicted molar refractivity (Wildman–Crippen MR) is 163 cm³/mol. The van der Waals surface area contributed by atoms with Gasteiger partial charge in [-0.05, 0) is 61.6 Å². The molecule has 1 aliphatic heterocycles. The first-order chi connectivity index (χ1) is 21.4. The Labute approximate surface area is 256 Å². The molecule has 11 nitrogen and oxygen atoms in total. The van der Waals surface area contributed by atoms with Crippen LogP contribution in [0.2, 0.25) is 0 Å². The molecule has 3 aromatic heterocycles. The first-order valence-electron chi connectivity index (χ1n) is 14.7. The van der Waals surface area contributed by atoms with E-state index in [1.807, 2.05) is 49.1 Å². The molecule has 1 unspecified atom stereocenters. The van der Waals surface area contributed by atoms with Crippen molar-refractivity contribution in [2.75, 3.05) is 36.4 Å².